The molecule has 0 aliphatic carbocycles. The quantitative estimate of drug-likeness (QED) is 0.178. The Kier molecular flexibility index (Phi) is 8.32. The topological polar surface area (TPSA) is 77.4 Å². The minimum Gasteiger partial charge on any atom is -0.507 e. The number of aromatic nitrogens is 3. The molecular formula is C33H33N3O3. The van der Waals surface area contributed by atoms with Crippen molar-refractivity contribution in [1.82, 2.24) is 15.0 Å². The van der Waals surface area contributed by atoms with Crippen LogP contribution in [0.2, 0.25) is 0 Å². The zero-order chi connectivity index (χ0) is 27.0. The predicted octanol–water partition coefficient (Wildman–Crippen LogP) is 8.09. The van der Waals surface area contributed by atoms with Crippen molar-refractivity contribution in [3.8, 4) is 51.4 Å². The molecule has 0 aliphatic rings. The summed E-state index contributed by atoms with van der Waals surface area (Å²) in [4.78, 5) is 14.5. The molecular weight excluding hydrogens is 486 g/mol. The van der Waals surface area contributed by atoms with Gasteiger partial charge in [-0.15, -0.1) is 0 Å². The maximum Gasteiger partial charge on any atom is 0.168 e. The SMILES string of the molecule is CCCCOc1ccc(-c2nc(-c3ccc(OCCCC)cc3)nc(-c3c(O)ccc4ccccc34)n2)cc1. The number of phenolic OH excluding ortho intramolecular Hbond substituents is 1. The first-order valence-corrected chi connectivity index (χ1v) is 13.6. The summed E-state index contributed by atoms with van der Waals surface area (Å²) in [5.74, 6) is 3.20. The Bertz CT molecular complexity index is 1460. The van der Waals surface area contributed by atoms with Gasteiger partial charge in [0.05, 0.1) is 18.8 Å². The third-order valence-electron chi connectivity index (χ3n) is 6.52. The molecule has 0 atom stereocenters. The number of phenols is 1. The lowest BCUT2D eigenvalue weighted by Crippen LogP contribution is -2.01. The number of ether oxygens (including phenoxy) is 2. The molecule has 1 N–H and O–H groups in total. The van der Waals surface area contributed by atoms with Crippen LogP contribution in [0.4, 0.5) is 0 Å². The molecule has 5 aromatic rings. The molecule has 198 valence electrons. The zero-order valence-electron chi connectivity index (χ0n) is 22.4. The molecule has 6 heteroatoms. The summed E-state index contributed by atoms with van der Waals surface area (Å²) in [7, 11) is 0. The van der Waals surface area contributed by atoms with Crippen molar-refractivity contribution in [3.63, 3.8) is 0 Å². The highest BCUT2D eigenvalue weighted by molar-refractivity contribution is 5.98. The highest BCUT2D eigenvalue weighted by Gasteiger charge is 2.17. The molecule has 0 amide bonds. The van der Waals surface area contributed by atoms with E-state index in [1.54, 1.807) is 6.07 Å². The van der Waals surface area contributed by atoms with Gasteiger partial charge in [-0.2, -0.15) is 0 Å². The second kappa shape index (κ2) is 12.4. The van der Waals surface area contributed by atoms with Crippen LogP contribution in [0.15, 0.2) is 84.9 Å². The van der Waals surface area contributed by atoms with E-state index in [9.17, 15) is 5.11 Å². The van der Waals surface area contributed by atoms with Gasteiger partial charge in [-0.1, -0.05) is 57.0 Å². The number of benzene rings is 4. The Morgan fingerprint density at radius 3 is 1.64 bits per heavy atom. The Morgan fingerprint density at radius 2 is 1.10 bits per heavy atom. The molecule has 1 heterocycles. The normalized spacial score (nSPS) is 11.0. The van der Waals surface area contributed by atoms with Crippen LogP contribution >= 0.6 is 0 Å². The van der Waals surface area contributed by atoms with Crippen molar-refractivity contribution in [2.75, 3.05) is 13.2 Å². The fourth-order valence-electron chi connectivity index (χ4n) is 4.31. The smallest absolute Gasteiger partial charge is 0.168 e. The van der Waals surface area contributed by atoms with Crippen molar-refractivity contribution >= 4 is 10.8 Å². The maximum absolute atomic E-state index is 10.9. The first-order chi connectivity index (χ1) is 19.2. The van der Waals surface area contributed by atoms with E-state index in [4.69, 9.17) is 24.4 Å². The third-order valence-corrected chi connectivity index (χ3v) is 6.52. The van der Waals surface area contributed by atoms with Crippen LogP contribution in [0.5, 0.6) is 17.2 Å². The van der Waals surface area contributed by atoms with Crippen LogP contribution in [0.25, 0.3) is 44.9 Å². The molecule has 0 saturated carbocycles. The number of aromatic hydroxyl groups is 1. The summed E-state index contributed by atoms with van der Waals surface area (Å²) < 4.78 is 11.7. The highest BCUT2D eigenvalue weighted by atomic mass is 16.5. The van der Waals surface area contributed by atoms with Crippen LogP contribution in [-0.4, -0.2) is 33.3 Å². The lowest BCUT2D eigenvalue weighted by molar-refractivity contribution is 0.309. The fourth-order valence-corrected chi connectivity index (χ4v) is 4.31. The molecule has 0 spiro atoms. The van der Waals surface area contributed by atoms with E-state index < -0.39 is 0 Å². The molecule has 0 bridgehead atoms. The van der Waals surface area contributed by atoms with Gasteiger partial charge >= 0.3 is 0 Å². The van der Waals surface area contributed by atoms with Crippen LogP contribution in [0.1, 0.15) is 39.5 Å². The van der Waals surface area contributed by atoms with Crippen molar-refractivity contribution in [2.45, 2.75) is 39.5 Å². The Balaban J connectivity index is 1.58. The predicted molar refractivity (Wildman–Crippen MR) is 156 cm³/mol. The molecule has 0 saturated heterocycles. The van der Waals surface area contributed by atoms with Gasteiger partial charge in [0.2, 0.25) is 0 Å². The van der Waals surface area contributed by atoms with Crippen molar-refractivity contribution in [1.29, 1.82) is 0 Å². The number of unbranched alkanes of at least 4 members (excludes halogenated alkanes) is 2. The van der Waals surface area contributed by atoms with Gasteiger partial charge in [0.25, 0.3) is 0 Å². The number of fused-ring (bicyclic) bond motifs is 1. The van der Waals surface area contributed by atoms with Crippen LogP contribution in [0.3, 0.4) is 0 Å². The van der Waals surface area contributed by atoms with E-state index in [2.05, 4.69) is 13.8 Å². The Labute approximate surface area is 229 Å². The average molecular weight is 520 g/mol. The minimum absolute atomic E-state index is 0.121. The Morgan fingerprint density at radius 1 is 0.590 bits per heavy atom. The van der Waals surface area contributed by atoms with Gasteiger partial charge in [-0.25, -0.2) is 15.0 Å². The third kappa shape index (κ3) is 6.17. The standard InChI is InChI=1S/C33H33N3O3/c1-3-5-21-38-26-16-11-24(12-17-26)31-34-32(25-13-18-27(19-14-25)39-22-6-4-2)36-33(35-31)30-28-10-8-7-9-23(28)15-20-29(30)37/h7-20,37H,3-6,21-22H2,1-2H3. The number of rotatable bonds is 11. The van der Waals surface area contributed by atoms with Gasteiger partial charge in [0.15, 0.2) is 17.5 Å². The average Bonchev–Trinajstić information content (AvgIpc) is 2.98. The Hall–Kier alpha value is -4.45. The molecule has 39 heavy (non-hydrogen) atoms. The molecule has 0 fully saturated rings. The fraction of sp³-hybridized carbons (Fsp3) is 0.242. The van der Waals surface area contributed by atoms with Gasteiger partial charge in [-0.05, 0) is 78.2 Å². The second-order valence-electron chi connectivity index (χ2n) is 9.44. The lowest BCUT2D eigenvalue weighted by Gasteiger charge is -2.12. The summed E-state index contributed by atoms with van der Waals surface area (Å²) in [6.07, 6.45) is 4.19. The van der Waals surface area contributed by atoms with Gasteiger partial charge in [-0.3, -0.25) is 0 Å². The molecule has 1 aromatic heterocycles. The molecule has 5 rings (SSSR count). The minimum atomic E-state index is 0.121. The summed E-state index contributed by atoms with van der Waals surface area (Å²) in [5.41, 5.74) is 2.25. The first-order valence-electron chi connectivity index (χ1n) is 13.6. The van der Waals surface area contributed by atoms with Crippen LogP contribution < -0.4 is 9.47 Å². The first kappa shape index (κ1) is 26.2. The van der Waals surface area contributed by atoms with Crippen LogP contribution in [-0.2, 0) is 0 Å². The summed E-state index contributed by atoms with van der Waals surface area (Å²) in [6.45, 7) is 5.66. The highest BCUT2D eigenvalue weighted by Crippen LogP contribution is 2.36. The van der Waals surface area contributed by atoms with Gasteiger partial charge in [0.1, 0.15) is 17.2 Å². The zero-order valence-corrected chi connectivity index (χ0v) is 22.4. The summed E-state index contributed by atoms with van der Waals surface area (Å²) >= 11 is 0. The van der Waals surface area contributed by atoms with E-state index in [1.165, 1.54) is 0 Å². The second-order valence-corrected chi connectivity index (χ2v) is 9.44. The van der Waals surface area contributed by atoms with Gasteiger partial charge in [0, 0.05) is 11.1 Å². The van der Waals surface area contributed by atoms with Crippen molar-refractivity contribution in [2.24, 2.45) is 0 Å². The lowest BCUT2D eigenvalue weighted by atomic mass is 10.0. The van der Waals surface area contributed by atoms with Crippen molar-refractivity contribution in [3.05, 3.63) is 84.9 Å². The molecule has 0 aliphatic heterocycles. The van der Waals surface area contributed by atoms with E-state index in [0.29, 0.717) is 36.3 Å². The molecule has 0 radical (unpaired) electrons. The number of nitrogens with zero attached hydrogens (tertiary/aromatic N) is 3. The molecule has 0 unspecified atom stereocenters. The van der Waals surface area contributed by atoms with E-state index in [-0.39, 0.29) is 5.75 Å². The maximum atomic E-state index is 10.9. The van der Waals surface area contributed by atoms with Crippen molar-refractivity contribution < 1.29 is 14.6 Å². The summed E-state index contributed by atoms with van der Waals surface area (Å²) in [6, 6.07) is 27.1. The monoisotopic (exact) mass is 519 g/mol. The van der Waals surface area contributed by atoms with Crippen LogP contribution in [0, 0.1) is 0 Å². The molecule has 4 aromatic carbocycles. The van der Waals surface area contributed by atoms with E-state index in [0.717, 1.165) is 59.1 Å². The largest absolute Gasteiger partial charge is 0.507 e. The van der Waals surface area contributed by atoms with E-state index in [1.807, 2.05) is 78.9 Å². The summed E-state index contributed by atoms with van der Waals surface area (Å²) in [5, 5.41) is 12.8. The number of hydrogen-bond donors (Lipinski definition) is 1. The number of hydrogen-bond acceptors (Lipinski definition) is 6. The van der Waals surface area contributed by atoms with Gasteiger partial charge < -0.3 is 14.6 Å². The molecule has 6 nitrogen and oxygen atoms in total. The van der Waals surface area contributed by atoms with E-state index >= 15 is 0 Å².